The number of benzene rings is 10. The standard InChI is InChI=1S/C60H40N4/c1-3-17-41-33-57-55(31-39(41)15-1)61-37-63(57)60(53-29-11-7-25-49(53)50-26-8-12-30-54(50)60)64-38-62(56-32-40-16-2-4-18-42(40)34-58(56)64)46-22-14-20-44(36-46)59(43-19-13-21-45(61)35-43)51-27-9-5-23-47(51)48-24-6-10-28-52(48)59/h1-36H,37-38H2. The number of hydrogen-bond donors (Lipinski definition) is 0. The van der Waals surface area contributed by atoms with E-state index in [0.29, 0.717) is 13.3 Å². The van der Waals surface area contributed by atoms with Crippen molar-refractivity contribution in [3.63, 3.8) is 0 Å². The minimum absolute atomic E-state index is 0.564. The van der Waals surface area contributed by atoms with Crippen molar-refractivity contribution in [1.29, 1.82) is 0 Å². The van der Waals surface area contributed by atoms with Gasteiger partial charge in [-0.3, -0.25) is 0 Å². The monoisotopic (exact) mass is 816 g/mol. The molecule has 0 N–H and O–H groups in total. The molecule has 4 heteroatoms. The topological polar surface area (TPSA) is 13.0 Å². The Hall–Kier alpha value is -8.08. The van der Waals surface area contributed by atoms with Crippen LogP contribution in [0.4, 0.5) is 34.1 Å². The molecule has 0 fully saturated rings. The molecule has 2 spiro atoms. The zero-order valence-electron chi connectivity index (χ0n) is 35.0. The summed E-state index contributed by atoms with van der Waals surface area (Å²) in [7, 11) is 0. The Labute approximate surface area is 372 Å². The first-order valence-electron chi connectivity index (χ1n) is 22.5. The zero-order chi connectivity index (χ0) is 41.7. The van der Waals surface area contributed by atoms with Gasteiger partial charge < -0.3 is 19.6 Å². The molecule has 15 rings (SSSR count). The van der Waals surface area contributed by atoms with Crippen molar-refractivity contribution < 1.29 is 0 Å². The summed E-state index contributed by atoms with van der Waals surface area (Å²) in [6.45, 7) is 1.28. The van der Waals surface area contributed by atoms with Crippen LogP contribution in [0.1, 0.15) is 33.4 Å². The van der Waals surface area contributed by atoms with Crippen LogP contribution < -0.4 is 19.6 Å². The molecule has 10 aromatic carbocycles. The second-order valence-corrected chi connectivity index (χ2v) is 18.1. The number of rotatable bonds is 0. The summed E-state index contributed by atoms with van der Waals surface area (Å²) in [5.74, 6) is 0. The van der Waals surface area contributed by atoms with E-state index in [1.54, 1.807) is 0 Å². The van der Waals surface area contributed by atoms with E-state index in [9.17, 15) is 0 Å². The molecule has 0 atom stereocenters. The highest BCUT2D eigenvalue weighted by Crippen LogP contribution is 2.63. The molecule has 0 saturated heterocycles. The van der Waals surface area contributed by atoms with Crippen molar-refractivity contribution in [2.75, 3.05) is 32.9 Å². The first-order valence-corrected chi connectivity index (χ1v) is 22.5. The van der Waals surface area contributed by atoms with Crippen LogP contribution in [0.25, 0.3) is 43.8 Å². The summed E-state index contributed by atoms with van der Waals surface area (Å²) in [6.07, 6.45) is 0. The smallest absolute Gasteiger partial charge is 0.170 e. The quantitative estimate of drug-likeness (QED) is 0.151. The van der Waals surface area contributed by atoms with Gasteiger partial charge in [0.05, 0.1) is 41.5 Å². The van der Waals surface area contributed by atoms with Gasteiger partial charge in [-0.1, -0.05) is 170 Å². The summed E-state index contributed by atoms with van der Waals surface area (Å²) in [4.78, 5) is 10.7. The highest BCUT2D eigenvalue weighted by molar-refractivity contribution is 6.02. The number of hydrogen-bond acceptors (Lipinski definition) is 4. The van der Waals surface area contributed by atoms with Gasteiger partial charge in [0.1, 0.15) is 0 Å². The summed E-state index contributed by atoms with van der Waals surface area (Å²) in [5.41, 5.74) is 18.8. The van der Waals surface area contributed by atoms with Crippen molar-refractivity contribution in [3.05, 3.63) is 252 Å². The van der Waals surface area contributed by atoms with Crippen LogP contribution in [0, 0.1) is 0 Å². The lowest BCUT2D eigenvalue weighted by molar-refractivity contribution is 0.472. The molecular weight excluding hydrogens is 777 g/mol. The lowest BCUT2D eigenvalue weighted by atomic mass is 9.67. The van der Waals surface area contributed by atoms with Crippen molar-refractivity contribution in [2.24, 2.45) is 0 Å². The third kappa shape index (κ3) is 4.19. The average molecular weight is 817 g/mol. The van der Waals surface area contributed by atoms with Gasteiger partial charge >= 0.3 is 0 Å². The maximum atomic E-state index is 2.74. The van der Waals surface area contributed by atoms with E-state index in [-0.39, 0.29) is 0 Å². The molecule has 4 nitrogen and oxygen atoms in total. The van der Waals surface area contributed by atoms with Gasteiger partial charge in [0.15, 0.2) is 5.66 Å². The molecule has 3 heterocycles. The highest BCUT2D eigenvalue weighted by Gasteiger charge is 2.57. The minimum atomic E-state index is -0.727. The van der Waals surface area contributed by atoms with Gasteiger partial charge in [-0.2, -0.15) is 0 Å². The van der Waals surface area contributed by atoms with E-state index in [1.165, 1.54) is 111 Å². The predicted octanol–water partition coefficient (Wildman–Crippen LogP) is 14.1. The average Bonchev–Trinajstić information content (AvgIpc) is 4.09. The molecule has 8 bridgehead atoms. The van der Waals surface area contributed by atoms with E-state index in [4.69, 9.17) is 0 Å². The van der Waals surface area contributed by atoms with Crippen LogP contribution in [-0.4, -0.2) is 13.3 Å². The summed E-state index contributed by atoms with van der Waals surface area (Å²) < 4.78 is 0. The molecule has 0 unspecified atom stereocenters. The third-order valence-corrected chi connectivity index (χ3v) is 15.2. The van der Waals surface area contributed by atoms with Gasteiger partial charge in [0.25, 0.3) is 0 Å². The molecule has 5 aliphatic rings. The maximum Gasteiger partial charge on any atom is 0.170 e. The SMILES string of the molecule is c1cc2cc(c1)C1(c3cccc(c3)N3CN(c4cc5ccccc5cc43)C3(c4ccccc4-c4ccccc43)N3CN2c2cc4ccccc4cc23)c2ccccc2-c2ccccc21. The maximum absolute atomic E-state index is 2.74. The first kappa shape index (κ1) is 34.5. The fraction of sp³-hybridized carbons (Fsp3) is 0.0667. The van der Waals surface area contributed by atoms with Crippen molar-refractivity contribution in [1.82, 2.24) is 0 Å². The molecule has 3 aliphatic heterocycles. The summed E-state index contributed by atoms with van der Waals surface area (Å²) >= 11 is 0. The van der Waals surface area contributed by atoms with E-state index < -0.39 is 11.1 Å². The Morgan fingerprint density at radius 3 is 1.06 bits per heavy atom. The first-order chi connectivity index (χ1) is 31.7. The molecule has 64 heavy (non-hydrogen) atoms. The number of fused-ring (bicyclic) bond motifs is 32. The molecule has 0 radical (unpaired) electrons. The summed E-state index contributed by atoms with van der Waals surface area (Å²) in [6, 6.07) is 83.1. The van der Waals surface area contributed by atoms with Gasteiger partial charge in [-0.25, -0.2) is 0 Å². The zero-order valence-corrected chi connectivity index (χ0v) is 35.0. The largest absolute Gasteiger partial charge is 0.321 e. The lowest BCUT2D eigenvalue weighted by Gasteiger charge is -2.49. The molecule has 300 valence electrons. The number of anilines is 6. The van der Waals surface area contributed by atoms with E-state index in [2.05, 4.69) is 238 Å². The molecule has 10 aromatic rings. The van der Waals surface area contributed by atoms with Crippen LogP contribution in [0.5, 0.6) is 0 Å². The molecule has 0 saturated carbocycles. The van der Waals surface area contributed by atoms with Crippen LogP contribution in [-0.2, 0) is 11.1 Å². The molecule has 0 amide bonds. The van der Waals surface area contributed by atoms with E-state index >= 15 is 0 Å². The Morgan fingerprint density at radius 1 is 0.297 bits per heavy atom. The molecular formula is C60H40N4. The van der Waals surface area contributed by atoms with Crippen LogP contribution in [0.15, 0.2) is 218 Å². The fourth-order valence-corrected chi connectivity index (χ4v) is 12.6. The van der Waals surface area contributed by atoms with E-state index in [0.717, 1.165) is 0 Å². The second-order valence-electron chi connectivity index (χ2n) is 18.1. The minimum Gasteiger partial charge on any atom is -0.321 e. The van der Waals surface area contributed by atoms with Crippen molar-refractivity contribution in [2.45, 2.75) is 11.1 Å². The van der Waals surface area contributed by atoms with Crippen molar-refractivity contribution >= 4 is 55.7 Å². The van der Waals surface area contributed by atoms with Crippen LogP contribution in [0.3, 0.4) is 0 Å². The Morgan fingerprint density at radius 2 is 0.641 bits per heavy atom. The van der Waals surface area contributed by atoms with Crippen LogP contribution in [0.2, 0.25) is 0 Å². The number of nitrogens with zero attached hydrogens (tertiary/aromatic N) is 4. The van der Waals surface area contributed by atoms with Gasteiger partial charge in [0, 0.05) is 22.5 Å². The lowest BCUT2D eigenvalue weighted by Crippen LogP contribution is -2.59. The highest BCUT2D eigenvalue weighted by atomic mass is 15.5. The van der Waals surface area contributed by atoms with Gasteiger partial charge in [-0.15, -0.1) is 0 Å². The Balaban J connectivity index is 1.11. The fourth-order valence-electron chi connectivity index (χ4n) is 12.6. The van der Waals surface area contributed by atoms with Crippen LogP contribution >= 0.6 is 0 Å². The van der Waals surface area contributed by atoms with Gasteiger partial charge in [0.2, 0.25) is 0 Å². The Bertz CT molecular complexity index is 3400. The summed E-state index contributed by atoms with van der Waals surface area (Å²) in [5, 5.41) is 4.94. The Kier molecular flexibility index (Phi) is 6.63. The third-order valence-electron chi connectivity index (χ3n) is 15.2. The molecule has 0 aromatic heterocycles. The predicted molar refractivity (Wildman–Crippen MR) is 263 cm³/mol. The normalized spacial score (nSPS) is 16.1. The van der Waals surface area contributed by atoms with Crippen molar-refractivity contribution in [3.8, 4) is 22.3 Å². The van der Waals surface area contributed by atoms with Gasteiger partial charge in [-0.05, 0) is 115 Å². The molecule has 2 aliphatic carbocycles. The second kappa shape index (κ2) is 12.3. The van der Waals surface area contributed by atoms with E-state index in [1.807, 2.05) is 0 Å².